The number of fused-ring (bicyclic) bond motifs is 1. The van der Waals surface area contributed by atoms with Gasteiger partial charge >= 0.3 is 0 Å². The van der Waals surface area contributed by atoms with Crippen LogP contribution in [0.15, 0.2) is 54.7 Å². The highest BCUT2D eigenvalue weighted by molar-refractivity contribution is 6.31. The zero-order valence-electron chi connectivity index (χ0n) is 14.7. The van der Waals surface area contributed by atoms with E-state index in [-0.39, 0.29) is 11.7 Å². The second-order valence-electron chi connectivity index (χ2n) is 6.72. The van der Waals surface area contributed by atoms with Gasteiger partial charge in [0.2, 0.25) is 0 Å². The molecule has 2 heterocycles. The number of hydrogen-bond acceptors (Lipinski definition) is 3. The van der Waals surface area contributed by atoms with Gasteiger partial charge in [0, 0.05) is 49.3 Å². The Kier molecular flexibility index (Phi) is 5.05. The van der Waals surface area contributed by atoms with Crippen molar-refractivity contribution in [2.24, 2.45) is 0 Å². The number of rotatable bonds is 3. The predicted octanol–water partition coefficient (Wildman–Crippen LogP) is 3.99. The fraction of sp³-hybridized carbons (Fsp3) is 0.238. The Hall–Kier alpha value is -2.50. The zero-order valence-corrected chi connectivity index (χ0v) is 15.5. The molecule has 0 spiro atoms. The van der Waals surface area contributed by atoms with Gasteiger partial charge < -0.3 is 4.90 Å². The number of piperazine rings is 1. The Bertz CT molecular complexity index is 986. The van der Waals surface area contributed by atoms with E-state index in [2.05, 4.69) is 9.88 Å². The van der Waals surface area contributed by atoms with Gasteiger partial charge in [-0.1, -0.05) is 29.8 Å². The van der Waals surface area contributed by atoms with Crippen molar-refractivity contribution in [2.75, 3.05) is 26.2 Å². The van der Waals surface area contributed by atoms with Gasteiger partial charge in [0.15, 0.2) is 0 Å². The highest BCUT2D eigenvalue weighted by Crippen LogP contribution is 2.19. The van der Waals surface area contributed by atoms with Gasteiger partial charge in [0.1, 0.15) is 11.5 Å². The topological polar surface area (TPSA) is 36.4 Å². The van der Waals surface area contributed by atoms with Gasteiger partial charge in [-0.05, 0) is 41.3 Å². The van der Waals surface area contributed by atoms with E-state index in [4.69, 9.17) is 11.6 Å². The van der Waals surface area contributed by atoms with Crippen molar-refractivity contribution in [3.8, 4) is 0 Å². The molecule has 1 aliphatic heterocycles. The summed E-state index contributed by atoms with van der Waals surface area (Å²) in [5.41, 5.74) is 1.45. The third-order valence-corrected chi connectivity index (χ3v) is 5.28. The van der Waals surface area contributed by atoms with Crippen LogP contribution in [-0.2, 0) is 6.54 Å². The van der Waals surface area contributed by atoms with Crippen LogP contribution in [0.5, 0.6) is 0 Å². The molecule has 27 heavy (non-hydrogen) atoms. The fourth-order valence-corrected chi connectivity index (χ4v) is 3.56. The van der Waals surface area contributed by atoms with Crippen LogP contribution in [0.2, 0.25) is 5.02 Å². The number of amides is 1. The molecule has 1 aliphatic rings. The minimum atomic E-state index is -0.319. The predicted molar refractivity (Wildman–Crippen MR) is 104 cm³/mol. The standard InChI is InChI=1S/C21H19ClFN3O/c22-19-4-2-1-3-16(19)14-25-7-9-26(10-8-25)21(27)20-12-17-11-18(23)6-5-15(17)13-24-20/h1-6,11-13H,7-10,14H2. The minimum Gasteiger partial charge on any atom is -0.335 e. The van der Waals surface area contributed by atoms with Gasteiger partial charge in [0.05, 0.1) is 0 Å². The Morgan fingerprint density at radius 2 is 1.81 bits per heavy atom. The van der Waals surface area contributed by atoms with Gasteiger partial charge in [-0.2, -0.15) is 0 Å². The zero-order chi connectivity index (χ0) is 18.8. The molecule has 1 amide bonds. The maximum atomic E-state index is 13.4. The molecule has 0 bridgehead atoms. The molecule has 0 aliphatic carbocycles. The second-order valence-corrected chi connectivity index (χ2v) is 7.13. The minimum absolute atomic E-state index is 0.112. The van der Waals surface area contributed by atoms with Crippen LogP contribution in [0.25, 0.3) is 10.8 Å². The molecule has 4 rings (SSSR count). The first-order valence-electron chi connectivity index (χ1n) is 8.90. The Labute approximate surface area is 162 Å². The van der Waals surface area contributed by atoms with E-state index in [1.807, 2.05) is 24.3 Å². The van der Waals surface area contributed by atoms with Crippen LogP contribution in [0, 0.1) is 5.82 Å². The van der Waals surface area contributed by atoms with Crippen molar-refractivity contribution in [1.82, 2.24) is 14.8 Å². The molecule has 138 valence electrons. The lowest BCUT2D eigenvalue weighted by atomic mass is 10.1. The van der Waals surface area contributed by atoms with E-state index < -0.39 is 0 Å². The van der Waals surface area contributed by atoms with E-state index in [0.29, 0.717) is 24.2 Å². The third kappa shape index (κ3) is 3.94. The quantitative estimate of drug-likeness (QED) is 0.686. The largest absolute Gasteiger partial charge is 0.335 e. The van der Waals surface area contributed by atoms with Crippen molar-refractivity contribution in [3.63, 3.8) is 0 Å². The number of pyridine rings is 1. The van der Waals surface area contributed by atoms with Crippen molar-refractivity contribution in [3.05, 3.63) is 76.8 Å². The summed E-state index contributed by atoms with van der Waals surface area (Å²) in [6.45, 7) is 3.59. The maximum Gasteiger partial charge on any atom is 0.272 e. The summed E-state index contributed by atoms with van der Waals surface area (Å²) in [5.74, 6) is -0.432. The van der Waals surface area contributed by atoms with E-state index >= 15 is 0 Å². The van der Waals surface area contributed by atoms with Crippen molar-refractivity contribution in [1.29, 1.82) is 0 Å². The van der Waals surface area contributed by atoms with Crippen LogP contribution < -0.4 is 0 Å². The number of benzene rings is 2. The summed E-state index contributed by atoms with van der Waals surface area (Å²) < 4.78 is 13.4. The molecule has 1 saturated heterocycles. The summed E-state index contributed by atoms with van der Waals surface area (Å²) >= 11 is 6.24. The van der Waals surface area contributed by atoms with E-state index in [1.54, 1.807) is 23.2 Å². The number of carbonyl (C=O) groups is 1. The molecule has 2 aromatic carbocycles. The smallest absolute Gasteiger partial charge is 0.272 e. The van der Waals surface area contributed by atoms with Crippen LogP contribution in [0.1, 0.15) is 16.1 Å². The second kappa shape index (κ2) is 7.62. The Balaban J connectivity index is 1.42. The van der Waals surface area contributed by atoms with Crippen LogP contribution in [-0.4, -0.2) is 46.9 Å². The van der Waals surface area contributed by atoms with Crippen LogP contribution >= 0.6 is 11.6 Å². The summed E-state index contributed by atoms with van der Waals surface area (Å²) in [4.78, 5) is 21.1. The summed E-state index contributed by atoms with van der Waals surface area (Å²) in [6.07, 6.45) is 1.62. The Morgan fingerprint density at radius 3 is 2.59 bits per heavy atom. The first-order valence-corrected chi connectivity index (χ1v) is 9.28. The van der Waals surface area contributed by atoms with E-state index in [9.17, 15) is 9.18 Å². The first-order chi connectivity index (χ1) is 13.1. The maximum absolute atomic E-state index is 13.4. The molecule has 4 nitrogen and oxygen atoms in total. The molecule has 0 atom stereocenters. The molecule has 0 unspecified atom stereocenters. The van der Waals surface area contributed by atoms with Crippen LogP contribution in [0.4, 0.5) is 4.39 Å². The van der Waals surface area contributed by atoms with Crippen molar-refractivity contribution < 1.29 is 9.18 Å². The van der Waals surface area contributed by atoms with E-state index in [1.165, 1.54) is 12.1 Å². The molecule has 0 radical (unpaired) electrons. The van der Waals surface area contributed by atoms with Crippen LogP contribution in [0.3, 0.4) is 0 Å². The van der Waals surface area contributed by atoms with Gasteiger partial charge in [0.25, 0.3) is 5.91 Å². The molecular weight excluding hydrogens is 365 g/mol. The summed E-state index contributed by atoms with van der Waals surface area (Å²) in [6, 6.07) is 14.0. The van der Waals surface area contributed by atoms with E-state index in [0.717, 1.165) is 35.6 Å². The average molecular weight is 384 g/mol. The highest BCUT2D eigenvalue weighted by Gasteiger charge is 2.23. The summed E-state index contributed by atoms with van der Waals surface area (Å²) in [7, 11) is 0. The molecular formula is C21H19ClFN3O. The molecule has 3 aromatic rings. The van der Waals surface area contributed by atoms with Gasteiger partial charge in [-0.3, -0.25) is 14.7 Å². The lowest BCUT2D eigenvalue weighted by Gasteiger charge is -2.34. The molecule has 1 fully saturated rings. The average Bonchev–Trinajstić information content (AvgIpc) is 2.69. The first kappa shape index (κ1) is 17.9. The Morgan fingerprint density at radius 1 is 1.04 bits per heavy atom. The van der Waals surface area contributed by atoms with Crippen molar-refractivity contribution >= 4 is 28.3 Å². The molecule has 0 saturated carbocycles. The fourth-order valence-electron chi connectivity index (χ4n) is 3.37. The van der Waals surface area contributed by atoms with Gasteiger partial charge in [-0.25, -0.2) is 4.39 Å². The number of carbonyl (C=O) groups excluding carboxylic acids is 1. The number of hydrogen-bond donors (Lipinski definition) is 0. The number of aromatic nitrogens is 1. The summed E-state index contributed by atoms with van der Waals surface area (Å²) in [5, 5.41) is 2.27. The normalized spacial score (nSPS) is 15.3. The number of nitrogens with zero attached hydrogens (tertiary/aromatic N) is 3. The monoisotopic (exact) mass is 383 g/mol. The SMILES string of the molecule is O=C(c1cc2cc(F)ccc2cn1)N1CCN(Cc2ccccc2Cl)CC1. The molecule has 6 heteroatoms. The number of halogens is 2. The lowest BCUT2D eigenvalue weighted by Crippen LogP contribution is -2.48. The lowest BCUT2D eigenvalue weighted by molar-refractivity contribution is 0.0623. The molecule has 1 aromatic heterocycles. The highest BCUT2D eigenvalue weighted by atomic mass is 35.5. The van der Waals surface area contributed by atoms with Crippen molar-refractivity contribution in [2.45, 2.75) is 6.54 Å². The third-order valence-electron chi connectivity index (χ3n) is 4.91. The molecule has 0 N–H and O–H groups in total. The van der Waals surface area contributed by atoms with Gasteiger partial charge in [-0.15, -0.1) is 0 Å².